The molecule has 2 rings (SSSR count). The molecule has 1 aromatic heterocycles. The fourth-order valence-corrected chi connectivity index (χ4v) is 2.56. The number of nitrogens with zero attached hydrogens (tertiary/aromatic N) is 1. The maximum absolute atomic E-state index is 12.5. The van der Waals surface area contributed by atoms with E-state index in [0.29, 0.717) is 6.54 Å². The molecule has 2 nitrogen and oxygen atoms in total. The molecule has 0 saturated heterocycles. The molecule has 0 unspecified atom stereocenters. The van der Waals surface area contributed by atoms with Crippen LogP contribution in [0.3, 0.4) is 0 Å². The van der Waals surface area contributed by atoms with Crippen LogP contribution in [-0.4, -0.2) is 11.5 Å². The second-order valence-electron chi connectivity index (χ2n) is 4.36. The van der Waals surface area contributed by atoms with Gasteiger partial charge in [0.1, 0.15) is 0 Å². The lowest BCUT2D eigenvalue weighted by Crippen LogP contribution is -2.16. The van der Waals surface area contributed by atoms with E-state index in [0.717, 1.165) is 29.2 Å². The van der Waals surface area contributed by atoms with Gasteiger partial charge in [-0.05, 0) is 18.6 Å². The molecule has 1 N–H and O–H groups in total. The molecular formula is C14H16F2N2S. The molecule has 0 spiro atoms. The fourth-order valence-electron chi connectivity index (χ4n) is 1.78. The number of nitrogens with one attached hydrogen (secondary N) is 1. The molecule has 0 saturated carbocycles. The fraction of sp³-hybridized carbons (Fsp3) is 0.357. The minimum atomic E-state index is -2.40. The summed E-state index contributed by atoms with van der Waals surface area (Å²) in [5, 5.41) is 6.38. The first-order valence-electron chi connectivity index (χ1n) is 6.14. The highest BCUT2D eigenvalue weighted by atomic mass is 32.1. The number of aromatic nitrogens is 1. The van der Waals surface area contributed by atoms with Crippen LogP contribution in [0, 0.1) is 6.92 Å². The Morgan fingerprint density at radius 3 is 2.89 bits per heavy atom. The zero-order chi connectivity index (χ0) is 13.7. The van der Waals surface area contributed by atoms with Gasteiger partial charge < -0.3 is 5.32 Å². The SMILES string of the molecule is Cc1csc(CCNCc2cccc(C(F)F)c2)n1. The third-order valence-corrected chi connectivity index (χ3v) is 3.74. The Morgan fingerprint density at radius 2 is 2.21 bits per heavy atom. The van der Waals surface area contributed by atoms with Gasteiger partial charge in [0.05, 0.1) is 5.01 Å². The average molecular weight is 282 g/mol. The highest BCUT2D eigenvalue weighted by Crippen LogP contribution is 2.19. The van der Waals surface area contributed by atoms with Gasteiger partial charge in [0.25, 0.3) is 6.43 Å². The second-order valence-corrected chi connectivity index (χ2v) is 5.30. The molecule has 0 aliphatic carbocycles. The number of rotatable bonds is 6. The zero-order valence-electron chi connectivity index (χ0n) is 10.7. The van der Waals surface area contributed by atoms with Gasteiger partial charge in [-0.15, -0.1) is 11.3 Å². The number of thiazole rings is 1. The Kier molecular flexibility index (Phi) is 4.99. The first-order chi connectivity index (χ1) is 9.15. The maximum atomic E-state index is 12.5. The monoisotopic (exact) mass is 282 g/mol. The van der Waals surface area contributed by atoms with Crippen LogP contribution < -0.4 is 5.32 Å². The van der Waals surface area contributed by atoms with Gasteiger partial charge in [-0.25, -0.2) is 13.8 Å². The zero-order valence-corrected chi connectivity index (χ0v) is 11.5. The lowest BCUT2D eigenvalue weighted by molar-refractivity contribution is 0.151. The van der Waals surface area contributed by atoms with Crippen molar-refractivity contribution in [3.05, 3.63) is 51.5 Å². The smallest absolute Gasteiger partial charge is 0.263 e. The number of hydrogen-bond donors (Lipinski definition) is 1. The number of hydrogen-bond acceptors (Lipinski definition) is 3. The predicted octanol–water partition coefficient (Wildman–Crippen LogP) is 3.72. The molecular weight excluding hydrogens is 266 g/mol. The van der Waals surface area contributed by atoms with Gasteiger partial charge >= 0.3 is 0 Å². The van der Waals surface area contributed by atoms with Crippen molar-refractivity contribution in [2.75, 3.05) is 6.54 Å². The van der Waals surface area contributed by atoms with Crippen LogP contribution in [0.15, 0.2) is 29.6 Å². The summed E-state index contributed by atoms with van der Waals surface area (Å²) >= 11 is 1.65. The van der Waals surface area contributed by atoms with E-state index in [1.165, 1.54) is 6.07 Å². The highest BCUT2D eigenvalue weighted by Gasteiger charge is 2.06. The molecule has 0 aliphatic heterocycles. The van der Waals surface area contributed by atoms with E-state index in [9.17, 15) is 8.78 Å². The van der Waals surface area contributed by atoms with Gasteiger partial charge in [-0.3, -0.25) is 0 Å². The van der Waals surface area contributed by atoms with Crippen molar-refractivity contribution in [3.8, 4) is 0 Å². The largest absolute Gasteiger partial charge is 0.312 e. The average Bonchev–Trinajstić information content (AvgIpc) is 2.81. The van der Waals surface area contributed by atoms with Crippen molar-refractivity contribution < 1.29 is 8.78 Å². The lowest BCUT2D eigenvalue weighted by atomic mass is 10.1. The quantitative estimate of drug-likeness (QED) is 0.817. The normalized spacial score (nSPS) is 11.2. The van der Waals surface area contributed by atoms with Crippen LogP contribution in [0.4, 0.5) is 8.78 Å². The molecule has 1 aromatic carbocycles. The first kappa shape index (κ1) is 14.1. The van der Waals surface area contributed by atoms with E-state index in [2.05, 4.69) is 10.3 Å². The minimum Gasteiger partial charge on any atom is -0.312 e. The van der Waals surface area contributed by atoms with E-state index < -0.39 is 6.43 Å². The number of alkyl halides is 2. The van der Waals surface area contributed by atoms with E-state index in [-0.39, 0.29) is 5.56 Å². The van der Waals surface area contributed by atoms with E-state index in [1.807, 2.05) is 18.4 Å². The van der Waals surface area contributed by atoms with E-state index >= 15 is 0 Å². The van der Waals surface area contributed by atoms with Crippen LogP contribution >= 0.6 is 11.3 Å². The van der Waals surface area contributed by atoms with Crippen LogP contribution in [0.5, 0.6) is 0 Å². The van der Waals surface area contributed by atoms with Crippen LogP contribution in [0.2, 0.25) is 0 Å². The molecule has 5 heteroatoms. The van der Waals surface area contributed by atoms with Crippen LogP contribution in [0.1, 0.15) is 28.3 Å². The summed E-state index contributed by atoms with van der Waals surface area (Å²) in [6, 6.07) is 6.52. The first-order valence-corrected chi connectivity index (χ1v) is 7.02. The molecule has 19 heavy (non-hydrogen) atoms. The van der Waals surface area contributed by atoms with Crippen molar-refractivity contribution in [2.24, 2.45) is 0 Å². The Bertz CT molecular complexity index is 526. The second kappa shape index (κ2) is 6.73. The molecule has 0 bridgehead atoms. The van der Waals surface area contributed by atoms with Gasteiger partial charge in [0.15, 0.2) is 0 Å². The molecule has 0 radical (unpaired) electrons. The van der Waals surface area contributed by atoms with Gasteiger partial charge in [-0.1, -0.05) is 18.2 Å². The summed E-state index contributed by atoms with van der Waals surface area (Å²) in [6.45, 7) is 3.38. The predicted molar refractivity (Wildman–Crippen MR) is 73.7 cm³/mol. The molecule has 0 fully saturated rings. The highest BCUT2D eigenvalue weighted by molar-refractivity contribution is 7.09. The van der Waals surface area contributed by atoms with Gasteiger partial charge in [-0.2, -0.15) is 0 Å². The maximum Gasteiger partial charge on any atom is 0.263 e. The summed E-state index contributed by atoms with van der Waals surface area (Å²) < 4.78 is 25.1. The van der Waals surface area contributed by atoms with E-state index in [1.54, 1.807) is 23.5 Å². The lowest BCUT2D eigenvalue weighted by Gasteiger charge is -2.06. The minimum absolute atomic E-state index is 0.0786. The standard InChI is InChI=1S/C14H16F2N2S/c1-10-9-19-13(18-10)5-6-17-8-11-3-2-4-12(7-11)14(15)16/h2-4,7,9,14,17H,5-6,8H2,1H3. The Balaban J connectivity index is 1.78. The van der Waals surface area contributed by atoms with Gasteiger partial charge in [0, 0.05) is 36.1 Å². The number of aryl methyl sites for hydroxylation is 1. The molecule has 0 atom stereocenters. The summed E-state index contributed by atoms with van der Waals surface area (Å²) in [4.78, 5) is 4.37. The summed E-state index contributed by atoms with van der Waals surface area (Å²) in [7, 11) is 0. The van der Waals surface area contributed by atoms with Crippen LogP contribution in [-0.2, 0) is 13.0 Å². The number of benzene rings is 1. The third kappa shape index (κ3) is 4.36. The van der Waals surface area contributed by atoms with Crippen molar-refractivity contribution in [1.82, 2.24) is 10.3 Å². The Labute approximate surface area is 115 Å². The summed E-state index contributed by atoms with van der Waals surface area (Å²) in [6.07, 6.45) is -1.54. The van der Waals surface area contributed by atoms with Gasteiger partial charge in [0.2, 0.25) is 0 Å². The van der Waals surface area contributed by atoms with Crippen LogP contribution in [0.25, 0.3) is 0 Å². The molecule has 2 aromatic rings. The molecule has 102 valence electrons. The van der Waals surface area contributed by atoms with E-state index in [4.69, 9.17) is 0 Å². The molecule has 0 amide bonds. The molecule has 1 heterocycles. The third-order valence-electron chi connectivity index (χ3n) is 2.71. The topological polar surface area (TPSA) is 24.9 Å². The summed E-state index contributed by atoms with van der Waals surface area (Å²) in [5.41, 5.74) is 2.01. The van der Waals surface area contributed by atoms with Crippen molar-refractivity contribution in [1.29, 1.82) is 0 Å². The molecule has 0 aliphatic rings. The Hall–Kier alpha value is -1.33. The van der Waals surface area contributed by atoms with Crippen molar-refractivity contribution in [3.63, 3.8) is 0 Å². The Morgan fingerprint density at radius 1 is 1.37 bits per heavy atom. The van der Waals surface area contributed by atoms with Crippen molar-refractivity contribution in [2.45, 2.75) is 26.3 Å². The summed E-state index contributed by atoms with van der Waals surface area (Å²) in [5.74, 6) is 0. The number of halogens is 2. The van der Waals surface area contributed by atoms with Crippen molar-refractivity contribution >= 4 is 11.3 Å².